The van der Waals surface area contributed by atoms with E-state index in [1.54, 1.807) is 4.90 Å². The predicted molar refractivity (Wildman–Crippen MR) is 62.8 cm³/mol. The highest BCUT2D eigenvalue weighted by Gasteiger charge is 2.11. The second-order valence-electron chi connectivity index (χ2n) is 3.34. The molecule has 0 atom stereocenters. The van der Waals surface area contributed by atoms with Gasteiger partial charge in [0.05, 0.1) is 12.7 Å². The third kappa shape index (κ3) is 3.54. The Kier molecular flexibility index (Phi) is 4.62. The monoisotopic (exact) mass is 241 g/mol. The van der Waals surface area contributed by atoms with Gasteiger partial charge in [-0.3, -0.25) is 4.79 Å². The van der Waals surface area contributed by atoms with E-state index in [1.165, 1.54) is 0 Å². The number of carbonyl (C=O) groups excluding carboxylic acids is 1. The molecule has 0 saturated carbocycles. The molecule has 0 spiro atoms. The van der Waals surface area contributed by atoms with Crippen molar-refractivity contribution >= 4 is 17.7 Å². The van der Waals surface area contributed by atoms with Crippen LogP contribution in [0.5, 0.6) is 0 Å². The van der Waals surface area contributed by atoms with E-state index in [9.17, 15) is 9.18 Å². The van der Waals surface area contributed by atoms with E-state index in [4.69, 9.17) is 5.73 Å². The Hall–Kier alpha value is -1.92. The Bertz CT molecular complexity index is 394. The molecule has 1 amide bonds. The lowest BCUT2D eigenvalue weighted by molar-refractivity contribution is -0.128. The summed E-state index contributed by atoms with van der Waals surface area (Å²) in [5.41, 5.74) is 5.32. The Morgan fingerprint density at radius 3 is 2.76 bits per heavy atom. The molecule has 0 aliphatic carbocycles. The number of aromatic nitrogens is 2. The average Bonchev–Trinajstić information content (AvgIpc) is 2.32. The lowest BCUT2D eigenvalue weighted by Gasteiger charge is -2.18. The number of nitrogens with zero attached hydrogens (tertiary/aromatic N) is 3. The molecule has 1 aromatic rings. The van der Waals surface area contributed by atoms with Gasteiger partial charge in [0, 0.05) is 13.1 Å². The van der Waals surface area contributed by atoms with Crippen LogP contribution < -0.4 is 11.1 Å². The number of amides is 1. The molecule has 1 aromatic heterocycles. The number of nitrogen functional groups attached to an aromatic ring is 1. The highest BCUT2D eigenvalue weighted by Crippen LogP contribution is 2.09. The Labute approximate surface area is 99.0 Å². The van der Waals surface area contributed by atoms with Crippen molar-refractivity contribution in [2.24, 2.45) is 0 Å². The van der Waals surface area contributed by atoms with E-state index in [-0.39, 0.29) is 24.2 Å². The molecule has 1 rings (SSSR count). The van der Waals surface area contributed by atoms with E-state index in [0.29, 0.717) is 13.1 Å². The number of nitrogens with two attached hydrogens (primary N) is 1. The second-order valence-corrected chi connectivity index (χ2v) is 3.34. The van der Waals surface area contributed by atoms with Crippen LogP contribution in [0.25, 0.3) is 0 Å². The fraction of sp³-hybridized carbons (Fsp3) is 0.500. The zero-order valence-electron chi connectivity index (χ0n) is 9.90. The van der Waals surface area contributed by atoms with E-state index < -0.39 is 5.82 Å². The number of anilines is 2. The molecule has 1 heterocycles. The number of nitrogens with one attached hydrogen (secondary N) is 1. The molecule has 0 saturated heterocycles. The molecule has 0 unspecified atom stereocenters. The number of halogens is 1. The van der Waals surface area contributed by atoms with Crippen molar-refractivity contribution in [3.8, 4) is 0 Å². The van der Waals surface area contributed by atoms with Crippen LogP contribution in [0.3, 0.4) is 0 Å². The first-order valence-electron chi connectivity index (χ1n) is 5.38. The first kappa shape index (κ1) is 13.1. The van der Waals surface area contributed by atoms with Gasteiger partial charge in [-0.1, -0.05) is 0 Å². The van der Waals surface area contributed by atoms with Gasteiger partial charge in [-0.05, 0) is 13.8 Å². The minimum atomic E-state index is -0.633. The molecule has 17 heavy (non-hydrogen) atoms. The summed E-state index contributed by atoms with van der Waals surface area (Å²) in [7, 11) is 0. The second kappa shape index (κ2) is 5.97. The van der Waals surface area contributed by atoms with E-state index in [0.717, 1.165) is 6.20 Å². The summed E-state index contributed by atoms with van der Waals surface area (Å²) in [5, 5.41) is 2.61. The topological polar surface area (TPSA) is 84.1 Å². The molecule has 0 aliphatic rings. The molecular formula is C10H16FN5O. The summed E-state index contributed by atoms with van der Waals surface area (Å²) in [6.45, 7) is 4.97. The van der Waals surface area contributed by atoms with Crippen molar-refractivity contribution < 1.29 is 9.18 Å². The maximum absolute atomic E-state index is 13.2. The van der Waals surface area contributed by atoms with Crippen LogP contribution in [-0.4, -0.2) is 40.4 Å². The molecule has 0 aromatic carbocycles. The smallest absolute Gasteiger partial charge is 0.241 e. The van der Waals surface area contributed by atoms with Gasteiger partial charge in [-0.2, -0.15) is 4.98 Å². The number of hydrogen-bond donors (Lipinski definition) is 2. The fourth-order valence-electron chi connectivity index (χ4n) is 1.35. The minimum Gasteiger partial charge on any atom is -0.368 e. The Balaban J connectivity index is 2.61. The maximum Gasteiger partial charge on any atom is 0.241 e. The summed E-state index contributed by atoms with van der Waals surface area (Å²) in [6, 6.07) is 0. The van der Waals surface area contributed by atoms with Crippen molar-refractivity contribution in [1.82, 2.24) is 14.9 Å². The normalized spacial score (nSPS) is 10.1. The zero-order chi connectivity index (χ0) is 12.8. The summed E-state index contributed by atoms with van der Waals surface area (Å²) >= 11 is 0. The van der Waals surface area contributed by atoms with Gasteiger partial charge >= 0.3 is 0 Å². The maximum atomic E-state index is 13.2. The van der Waals surface area contributed by atoms with Crippen LogP contribution in [0.1, 0.15) is 13.8 Å². The number of hydrogen-bond acceptors (Lipinski definition) is 5. The van der Waals surface area contributed by atoms with Crippen LogP contribution >= 0.6 is 0 Å². The van der Waals surface area contributed by atoms with Crippen LogP contribution in [0.2, 0.25) is 0 Å². The van der Waals surface area contributed by atoms with Gasteiger partial charge < -0.3 is 16.0 Å². The van der Waals surface area contributed by atoms with Crippen LogP contribution in [0.15, 0.2) is 6.20 Å². The Morgan fingerprint density at radius 2 is 2.18 bits per heavy atom. The summed E-state index contributed by atoms with van der Waals surface area (Å²) in [6.07, 6.45) is 0.965. The van der Waals surface area contributed by atoms with Gasteiger partial charge in [-0.25, -0.2) is 9.37 Å². The molecule has 0 radical (unpaired) electrons. The average molecular weight is 241 g/mol. The van der Waals surface area contributed by atoms with Crippen molar-refractivity contribution in [2.45, 2.75) is 13.8 Å². The highest BCUT2D eigenvalue weighted by molar-refractivity contribution is 5.80. The lowest BCUT2D eigenvalue weighted by atomic mass is 10.4. The number of carbonyl (C=O) groups is 1. The first-order chi connectivity index (χ1) is 8.08. The SMILES string of the molecule is CCN(CC)C(=O)CNc1nc(N)ncc1F. The molecule has 0 aliphatic heterocycles. The van der Waals surface area contributed by atoms with Gasteiger partial charge in [0.15, 0.2) is 11.6 Å². The van der Waals surface area contributed by atoms with Gasteiger partial charge in [0.1, 0.15) is 0 Å². The third-order valence-electron chi connectivity index (χ3n) is 2.29. The van der Waals surface area contributed by atoms with E-state index in [1.807, 2.05) is 13.8 Å². The van der Waals surface area contributed by atoms with Crippen LogP contribution in [-0.2, 0) is 4.79 Å². The molecule has 94 valence electrons. The van der Waals surface area contributed by atoms with E-state index >= 15 is 0 Å². The molecular weight excluding hydrogens is 225 g/mol. The van der Waals surface area contributed by atoms with E-state index in [2.05, 4.69) is 15.3 Å². The predicted octanol–water partition coefficient (Wildman–Crippen LogP) is 0.478. The molecule has 3 N–H and O–H groups in total. The van der Waals surface area contributed by atoms with Crippen LogP contribution in [0, 0.1) is 5.82 Å². The summed E-state index contributed by atoms with van der Waals surface area (Å²) in [5.74, 6) is -0.847. The minimum absolute atomic E-state index is 0.0188. The number of likely N-dealkylation sites (N-methyl/N-ethyl adjacent to an activating group) is 1. The first-order valence-corrected chi connectivity index (χ1v) is 5.38. The molecule has 0 fully saturated rings. The Morgan fingerprint density at radius 1 is 1.53 bits per heavy atom. The largest absolute Gasteiger partial charge is 0.368 e. The van der Waals surface area contributed by atoms with Gasteiger partial charge in [0.25, 0.3) is 0 Å². The standard InChI is InChI=1S/C10H16FN5O/c1-3-16(4-2)8(17)6-13-9-7(11)5-14-10(12)15-9/h5H,3-4,6H2,1-2H3,(H3,12,13,14,15). The highest BCUT2D eigenvalue weighted by atomic mass is 19.1. The van der Waals surface area contributed by atoms with Crippen molar-refractivity contribution in [3.05, 3.63) is 12.0 Å². The zero-order valence-corrected chi connectivity index (χ0v) is 9.90. The van der Waals surface area contributed by atoms with Gasteiger partial charge in [0.2, 0.25) is 11.9 Å². The van der Waals surface area contributed by atoms with Crippen molar-refractivity contribution in [2.75, 3.05) is 30.7 Å². The fourth-order valence-corrected chi connectivity index (χ4v) is 1.35. The summed E-state index contributed by atoms with van der Waals surface area (Å²) < 4.78 is 13.2. The van der Waals surface area contributed by atoms with Gasteiger partial charge in [-0.15, -0.1) is 0 Å². The summed E-state index contributed by atoms with van der Waals surface area (Å²) in [4.78, 5) is 20.4. The molecule has 7 heteroatoms. The van der Waals surface area contributed by atoms with Crippen LogP contribution in [0.4, 0.5) is 16.2 Å². The van der Waals surface area contributed by atoms with Crippen molar-refractivity contribution in [1.29, 1.82) is 0 Å². The molecule has 0 bridgehead atoms. The molecule has 6 nitrogen and oxygen atoms in total. The number of rotatable bonds is 5. The lowest BCUT2D eigenvalue weighted by Crippen LogP contribution is -2.35. The quantitative estimate of drug-likeness (QED) is 0.783. The third-order valence-corrected chi connectivity index (χ3v) is 2.29. The van der Waals surface area contributed by atoms with Crippen molar-refractivity contribution in [3.63, 3.8) is 0 Å².